The van der Waals surface area contributed by atoms with Gasteiger partial charge in [-0.3, -0.25) is 0 Å². The molecule has 208 valence electrons. The maximum Gasteiger partial charge on any atom is 0.227 e. The lowest BCUT2D eigenvalue weighted by atomic mass is 10.0. The van der Waals surface area contributed by atoms with Gasteiger partial charge in [0.15, 0.2) is 5.58 Å². The van der Waals surface area contributed by atoms with Crippen LogP contribution in [0, 0.1) is 0 Å². The SMILES string of the molecule is c1ccc(-c2ccc(N(c3ccc(-c4ccccc4)cc3)c3cc4nc(-c5ccccc5)oc4c4ccccc34)cc2)cc1. The molecule has 0 aliphatic rings. The Kier molecular flexibility index (Phi) is 6.47. The second kappa shape index (κ2) is 11.0. The Morgan fingerprint density at radius 2 is 0.841 bits per heavy atom. The van der Waals surface area contributed by atoms with Crippen LogP contribution in [-0.4, -0.2) is 4.98 Å². The van der Waals surface area contributed by atoms with Gasteiger partial charge in [0, 0.05) is 27.7 Å². The highest BCUT2D eigenvalue weighted by molar-refractivity contribution is 6.12. The van der Waals surface area contributed by atoms with Crippen molar-refractivity contribution in [1.29, 1.82) is 0 Å². The fourth-order valence-corrected chi connectivity index (χ4v) is 5.92. The van der Waals surface area contributed by atoms with Gasteiger partial charge in [-0.2, -0.15) is 0 Å². The molecule has 8 rings (SSSR count). The van der Waals surface area contributed by atoms with Crippen molar-refractivity contribution in [3.05, 3.63) is 170 Å². The number of anilines is 3. The van der Waals surface area contributed by atoms with Crippen LogP contribution in [0.3, 0.4) is 0 Å². The van der Waals surface area contributed by atoms with E-state index in [1.807, 2.05) is 42.5 Å². The van der Waals surface area contributed by atoms with Crippen LogP contribution in [0.5, 0.6) is 0 Å². The summed E-state index contributed by atoms with van der Waals surface area (Å²) in [6, 6.07) is 59.2. The lowest BCUT2D eigenvalue weighted by Gasteiger charge is -2.27. The first-order valence-corrected chi connectivity index (χ1v) is 14.8. The minimum Gasteiger partial charge on any atom is -0.435 e. The van der Waals surface area contributed by atoms with E-state index in [0.717, 1.165) is 44.5 Å². The molecule has 1 aromatic heterocycles. The monoisotopic (exact) mass is 564 g/mol. The normalized spacial score (nSPS) is 11.2. The van der Waals surface area contributed by atoms with E-state index < -0.39 is 0 Å². The number of aromatic nitrogens is 1. The van der Waals surface area contributed by atoms with E-state index in [-0.39, 0.29) is 0 Å². The summed E-state index contributed by atoms with van der Waals surface area (Å²) in [6.07, 6.45) is 0. The number of oxazole rings is 1. The topological polar surface area (TPSA) is 29.3 Å². The predicted octanol–water partition coefficient (Wildman–Crippen LogP) is 11.5. The summed E-state index contributed by atoms with van der Waals surface area (Å²) in [5.74, 6) is 0.619. The van der Waals surface area contributed by atoms with Crippen LogP contribution in [0.4, 0.5) is 17.1 Å². The number of rotatable bonds is 6. The van der Waals surface area contributed by atoms with Gasteiger partial charge in [-0.05, 0) is 64.7 Å². The number of fused-ring (bicyclic) bond motifs is 3. The molecule has 0 saturated carbocycles. The van der Waals surface area contributed by atoms with Gasteiger partial charge in [0.2, 0.25) is 5.89 Å². The minimum absolute atomic E-state index is 0.619. The van der Waals surface area contributed by atoms with Crippen molar-refractivity contribution in [2.45, 2.75) is 0 Å². The molecule has 0 aliphatic carbocycles. The van der Waals surface area contributed by atoms with Crippen LogP contribution in [0.15, 0.2) is 174 Å². The van der Waals surface area contributed by atoms with E-state index in [0.29, 0.717) is 5.89 Å². The van der Waals surface area contributed by atoms with E-state index in [4.69, 9.17) is 9.40 Å². The number of nitrogens with zero attached hydrogens (tertiary/aromatic N) is 2. The lowest BCUT2D eigenvalue weighted by molar-refractivity contribution is 0.623. The zero-order chi connectivity index (χ0) is 29.3. The maximum atomic E-state index is 6.41. The van der Waals surface area contributed by atoms with E-state index in [9.17, 15) is 0 Å². The molecular weight excluding hydrogens is 536 g/mol. The van der Waals surface area contributed by atoms with Gasteiger partial charge in [0.1, 0.15) is 5.52 Å². The molecule has 3 nitrogen and oxygen atoms in total. The largest absolute Gasteiger partial charge is 0.435 e. The zero-order valence-electron chi connectivity index (χ0n) is 24.0. The van der Waals surface area contributed by atoms with Crippen molar-refractivity contribution in [3.63, 3.8) is 0 Å². The second-order valence-corrected chi connectivity index (χ2v) is 10.8. The molecule has 0 amide bonds. The third-order valence-electron chi connectivity index (χ3n) is 8.10. The Morgan fingerprint density at radius 3 is 1.36 bits per heavy atom. The standard InChI is InChI=1S/C41H28N2O/c1-4-12-29(13-5-1)31-20-24-34(25-21-31)43(35-26-22-32(23-27-35)30-14-6-2-7-15-30)39-28-38-40(37-19-11-10-18-36(37)39)44-41(42-38)33-16-8-3-9-17-33/h1-28H. The fourth-order valence-electron chi connectivity index (χ4n) is 5.92. The molecular formula is C41H28N2O. The molecule has 44 heavy (non-hydrogen) atoms. The van der Waals surface area contributed by atoms with Gasteiger partial charge >= 0.3 is 0 Å². The summed E-state index contributed by atoms with van der Waals surface area (Å²) >= 11 is 0. The average molecular weight is 565 g/mol. The molecule has 0 N–H and O–H groups in total. The van der Waals surface area contributed by atoms with Gasteiger partial charge in [0.05, 0.1) is 5.69 Å². The molecule has 1 heterocycles. The highest BCUT2D eigenvalue weighted by atomic mass is 16.3. The molecule has 7 aromatic carbocycles. The van der Waals surface area contributed by atoms with Crippen LogP contribution in [0.1, 0.15) is 0 Å². The van der Waals surface area contributed by atoms with Gasteiger partial charge in [-0.25, -0.2) is 4.98 Å². The number of hydrogen-bond acceptors (Lipinski definition) is 3. The van der Waals surface area contributed by atoms with Crippen molar-refractivity contribution >= 4 is 38.9 Å². The average Bonchev–Trinajstić information content (AvgIpc) is 3.55. The quantitative estimate of drug-likeness (QED) is 0.201. The Hall–Kier alpha value is -5.93. The fraction of sp³-hybridized carbons (Fsp3) is 0. The summed E-state index contributed by atoms with van der Waals surface area (Å²) in [7, 11) is 0. The number of benzene rings is 7. The summed E-state index contributed by atoms with van der Waals surface area (Å²) < 4.78 is 6.41. The first-order valence-electron chi connectivity index (χ1n) is 14.8. The molecule has 0 unspecified atom stereocenters. The molecule has 0 atom stereocenters. The summed E-state index contributed by atoms with van der Waals surface area (Å²) in [5, 5.41) is 2.12. The maximum absolute atomic E-state index is 6.41. The van der Waals surface area contributed by atoms with Crippen LogP contribution in [0.2, 0.25) is 0 Å². The minimum atomic E-state index is 0.619. The van der Waals surface area contributed by atoms with Crippen LogP contribution in [0.25, 0.3) is 55.6 Å². The van der Waals surface area contributed by atoms with Crippen molar-refractivity contribution in [3.8, 4) is 33.7 Å². The Morgan fingerprint density at radius 1 is 0.409 bits per heavy atom. The van der Waals surface area contributed by atoms with Crippen molar-refractivity contribution in [2.24, 2.45) is 0 Å². The Balaban J connectivity index is 1.32. The van der Waals surface area contributed by atoms with E-state index in [1.165, 1.54) is 22.3 Å². The molecule has 0 fully saturated rings. The third kappa shape index (κ3) is 4.71. The smallest absolute Gasteiger partial charge is 0.227 e. The van der Waals surface area contributed by atoms with Gasteiger partial charge < -0.3 is 9.32 Å². The highest BCUT2D eigenvalue weighted by Gasteiger charge is 2.20. The lowest BCUT2D eigenvalue weighted by Crippen LogP contribution is -2.10. The van der Waals surface area contributed by atoms with Gasteiger partial charge in [-0.1, -0.05) is 127 Å². The summed E-state index contributed by atoms with van der Waals surface area (Å²) in [4.78, 5) is 7.30. The molecule has 3 heteroatoms. The zero-order valence-corrected chi connectivity index (χ0v) is 24.0. The Labute approximate surface area is 256 Å². The first-order chi connectivity index (χ1) is 21.8. The van der Waals surface area contributed by atoms with Crippen molar-refractivity contribution < 1.29 is 4.42 Å². The molecule has 0 saturated heterocycles. The van der Waals surface area contributed by atoms with Crippen molar-refractivity contribution in [2.75, 3.05) is 4.90 Å². The number of hydrogen-bond donors (Lipinski definition) is 0. The van der Waals surface area contributed by atoms with Gasteiger partial charge in [-0.15, -0.1) is 0 Å². The summed E-state index contributed by atoms with van der Waals surface area (Å²) in [6.45, 7) is 0. The van der Waals surface area contributed by atoms with Crippen LogP contribution in [-0.2, 0) is 0 Å². The van der Waals surface area contributed by atoms with Crippen molar-refractivity contribution in [1.82, 2.24) is 4.98 Å². The van der Waals surface area contributed by atoms with E-state index in [2.05, 4.69) is 132 Å². The second-order valence-electron chi connectivity index (χ2n) is 10.8. The molecule has 0 spiro atoms. The van der Waals surface area contributed by atoms with Gasteiger partial charge in [0.25, 0.3) is 0 Å². The predicted molar refractivity (Wildman–Crippen MR) is 183 cm³/mol. The molecule has 0 radical (unpaired) electrons. The van der Waals surface area contributed by atoms with E-state index in [1.54, 1.807) is 0 Å². The third-order valence-corrected chi connectivity index (χ3v) is 8.10. The molecule has 0 aliphatic heterocycles. The highest BCUT2D eigenvalue weighted by Crippen LogP contribution is 2.43. The van der Waals surface area contributed by atoms with Crippen LogP contribution < -0.4 is 4.90 Å². The van der Waals surface area contributed by atoms with Crippen LogP contribution >= 0.6 is 0 Å². The van der Waals surface area contributed by atoms with E-state index >= 15 is 0 Å². The Bertz CT molecular complexity index is 2100. The first kappa shape index (κ1) is 25.8. The molecule has 8 aromatic rings. The molecule has 0 bridgehead atoms. The summed E-state index contributed by atoms with van der Waals surface area (Å²) in [5.41, 5.74) is 10.5.